The topological polar surface area (TPSA) is 88.4 Å². The first-order valence-electron chi connectivity index (χ1n) is 7.47. The van der Waals surface area contributed by atoms with Crippen LogP contribution in [0.2, 0.25) is 0 Å². The maximum absolute atomic E-state index is 13.1. The Morgan fingerprint density at radius 1 is 1.15 bits per heavy atom. The van der Waals surface area contributed by atoms with E-state index in [-0.39, 0.29) is 5.69 Å². The fourth-order valence-corrected chi connectivity index (χ4v) is 1.89. The molecule has 2 rings (SSSR count). The van der Waals surface area contributed by atoms with Crippen LogP contribution in [-0.2, 0) is 14.3 Å². The van der Waals surface area contributed by atoms with Crippen molar-refractivity contribution in [2.45, 2.75) is 13.0 Å². The fraction of sp³-hybridized carbons (Fsp3) is 0.167. The highest BCUT2D eigenvalue weighted by Crippen LogP contribution is 2.14. The van der Waals surface area contributed by atoms with Gasteiger partial charge in [-0.05, 0) is 43.3 Å². The molecule has 6 nitrogen and oxygen atoms in total. The Bertz CT molecular complexity index is 847. The van der Waals surface area contributed by atoms with Crippen molar-refractivity contribution in [1.29, 1.82) is 5.26 Å². The highest BCUT2D eigenvalue weighted by atomic mass is 19.2. The van der Waals surface area contributed by atoms with Gasteiger partial charge >= 0.3 is 5.97 Å². The van der Waals surface area contributed by atoms with Crippen molar-refractivity contribution in [1.82, 2.24) is 0 Å². The van der Waals surface area contributed by atoms with Gasteiger partial charge in [0.05, 0.1) is 11.6 Å². The van der Waals surface area contributed by atoms with Gasteiger partial charge in [-0.2, -0.15) is 5.26 Å². The van der Waals surface area contributed by atoms with Crippen molar-refractivity contribution in [3.05, 3.63) is 59.7 Å². The van der Waals surface area contributed by atoms with Crippen LogP contribution in [0.3, 0.4) is 0 Å². The number of halogens is 2. The lowest BCUT2D eigenvalue weighted by molar-refractivity contribution is -0.153. The summed E-state index contributed by atoms with van der Waals surface area (Å²) < 4.78 is 36.0. The summed E-state index contributed by atoms with van der Waals surface area (Å²) in [6.07, 6.45) is -0.987. The second-order valence-corrected chi connectivity index (χ2v) is 5.18. The lowest BCUT2D eigenvalue weighted by Crippen LogP contribution is -2.29. The van der Waals surface area contributed by atoms with Crippen LogP contribution in [0.15, 0.2) is 42.5 Å². The Morgan fingerprint density at radius 3 is 2.46 bits per heavy atom. The first kappa shape index (κ1) is 18.9. The summed E-state index contributed by atoms with van der Waals surface area (Å²) in [6, 6.07) is 10.9. The number of carbonyl (C=O) groups excluding carboxylic acids is 2. The minimum absolute atomic E-state index is 0.0341. The first-order chi connectivity index (χ1) is 12.4. The van der Waals surface area contributed by atoms with Crippen molar-refractivity contribution < 1.29 is 27.8 Å². The Hall–Kier alpha value is -3.47. The number of amides is 1. The lowest BCUT2D eigenvalue weighted by atomic mass is 10.2. The van der Waals surface area contributed by atoms with Gasteiger partial charge in [0.15, 0.2) is 24.3 Å². The quantitative estimate of drug-likeness (QED) is 0.801. The lowest BCUT2D eigenvalue weighted by Gasteiger charge is -2.14. The molecule has 0 fully saturated rings. The molecule has 0 aromatic heterocycles. The van der Waals surface area contributed by atoms with Gasteiger partial charge in [0, 0.05) is 11.8 Å². The summed E-state index contributed by atoms with van der Waals surface area (Å²) in [5.74, 6) is -3.28. The number of anilines is 1. The third-order valence-electron chi connectivity index (χ3n) is 3.18. The molecule has 0 aliphatic rings. The number of esters is 1. The highest BCUT2D eigenvalue weighted by molar-refractivity contribution is 5.93. The van der Waals surface area contributed by atoms with Crippen molar-refractivity contribution in [2.75, 3.05) is 11.9 Å². The Morgan fingerprint density at radius 2 is 1.85 bits per heavy atom. The molecule has 26 heavy (non-hydrogen) atoms. The molecule has 1 amide bonds. The van der Waals surface area contributed by atoms with Gasteiger partial charge in [-0.3, -0.25) is 4.79 Å². The molecule has 1 N–H and O–H groups in total. The van der Waals surface area contributed by atoms with Crippen LogP contribution >= 0.6 is 0 Å². The van der Waals surface area contributed by atoms with Gasteiger partial charge in [-0.25, -0.2) is 13.6 Å². The average molecular weight is 360 g/mol. The van der Waals surface area contributed by atoms with E-state index in [2.05, 4.69) is 5.32 Å². The molecule has 8 heteroatoms. The predicted molar refractivity (Wildman–Crippen MR) is 87.2 cm³/mol. The summed E-state index contributed by atoms with van der Waals surface area (Å²) in [5, 5.41) is 11.0. The molecule has 0 saturated heterocycles. The normalized spacial score (nSPS) is 11.2. The summed E-state index contributed by atoms with van der Waals surface area (Å²) in [5.41, 5.74) is 0.480. The molecule has 2 aromatic rings. The molecule has 0 bridgehead atoms. The number of nitrogens with one attached hydrogen (secondary N) is 1. The molecule has 0 aliphatic heterocycles. The molecule has 1 atom stereocenters. The average Bonchev–Trinajstić information content (AvgIpc) is 2.63. The van der Waals surface area contributed by atoms with Crippen molar-refractivity contribution in [2.24, 2.45) is 0 Å². The van der Waals surface area contributed by atoms with Crippen LogP contribution in [0.4, 0.5) is 14.5 Å². The summed E-state index contributed by atoms with van der Waals surface area (Å²) >= 11 is 0. The first-order valence-corrected chi connectivity index (χ1v) is 7.47. The number of benzene rings is 2. The largest absolute Gasteiger partial charge is 0.479 e. The number of hydrogen-bond donors (Lipinski definition) is 1. The molecule has 0 heterocycles. The third kappa shape index (κ3) is 5.27. The molecule has 2 aromatic carbocycles. The molecule has 0 radical (unpaired) electrons. The number of hydrogen-bond acceptors (Lipinski definition) is 5. The van der Waals surface area contributed by atoms with Crippen molar-refractivity contribution >= 4 is 17.6 Å². The number of carbonyl (C=O) groups is 2. The Balaban J connectivity index is 1.81. The van der Waals surface area contributed by atoms with Crippen LogP contribution in [0.5, 0.6) is 5.75 Å². The standard InChI is InChI=1S/C18H14F2N2O4/c1-11(26-14-5-2-12(9-21)3-6-14)18(24)25-10-17(23)22-13-4-7-15(19)16(20)8-13/h2-8,11H,10H2,1H3,(H,22,23). The predicted octanol–water partition coefficient (Wildman–Crippen LogP) is 2.79. The van der Waals surface area contributed by atoms with Gasteiger partial charge in [-0.15, -0.1) is 0 Å². The molecule has 1 unspecified atom stereocenters. The van der Waals surface area contributed by atoms with E-state index in [9.17, 15) is 18.4 Å². The third-order valence-corrected chi connectivity index (χ3v) is 3.18. The Labute approximate surface area is 148 Å². The smallest absolute Gasteiger partial charge is 0.347 e. The minimum atomic E-state index is -1.11. The number of rotatable bonds is 6. The molecule has 0 spiro atoms. The van der Waals surface area contributed by atoms with E-state index in [0.717, 1.165) is 12.1 Å². The van der Waals surface area contributed by atoms with Gasteiger partial charge < -0.3 is 14.8 Å². The molecule has 134 valence electrons. The van der Waals surface area contributed by atoms with Crippen molar-refractivity contribution in [3.63, 3.8) is 0 Å². The summed E-state index contributed by atoms with van der Waals surface area (Å²) in [6.45, 7) is 0.826. The molecule has 0 saturated carbocycles. The summed E-state index contributed by atoms with van der Waals surface area (Å²) in [7, 11) is 0. The van der Waals surface area contributed by atoms with E-state index >= 15 is 0 Å². The van der Waals surface area contributed by atoms with Crippen LogP contribution in [0, 0.1) is 23.0 Å². The number of ether oxygens (including phenoxy) is 2. The van der Waals surface area contributed by atoms with E-state index in [1.807, 2.05) is 6.07 Å². The van der Waals surface area contributed by atoms with Crippen LogP contribution in [0.1, 0.15) is 12.5 Å². The maximum Gasteiger partial charge on any atom is 0.347 e. The van der Waals surface area contributed by atoms with Gasteiger partial charge in [-0.1, -0.05) is 0 Å². The van der Waals surface area contributed by atoms with Crippen molar-refractivity contribution in [3.8, 4) is 11.8 Å². The zero-order valence-electron chi connectivity index (χ0n) is 13.7. The SMILES string of the molecule is CC(Oc1ccc(C#N)cc1)C(=O)OCC(=O)Nc1ccc(F)c(F)c1. The monoisotopic (exact) mass is 360 g/mol. The molecular weight excluding hydrogens is 346 g/mol. The maximum atomic E-state index is 13.1. The van der Waals surface area contributed by atoms with Gasteiger partial charge in [0.1, 0.15) is 5.75 Å². The van der Waals surface area contributed by atoms with Gasteiger partial charge in [0.2, 0.25) is 0 Å². The number of nitriles is 1. The number of nitrogens with zero attached hydrogens (tertiary/aromatic N) is 1. The van der Waals surface area contributed by atoms with E-state index in [4.69, 9.17) is 14.7 Å². The highest BCUT2D eigenvalue weighted by Gasteiger charge is 2.18. The van der Waals surface area contributed by atoms with E-state index in [1.165, 1.54) is 37.3 Å². The molecular formula is C18H14F2N2O4. The second kappa shape index (κ2) is 8.58. The van der Waals surface area contributed by atoms with Crippen LogP contribution in [0.25, 0.3) is 0 Å². The zero-order chi connectivity index (χ0) is 19.1. The zero-order valence-corrected chi connectivity index (χ0v) is 13.7. The van der Waals surface area contributed by atoms with Crippen LogP contribution < -0.4 is 10.1 Å². The Kier molecular flexibility index (Phi) is 6.22. The summed E-state index contributed by atoms with van der Waals surface area (Å²) in [4.78, 5) is 23.5. The van der Waals surface area contributed by atoms with E-state index in [1.54, 1.807) is 0 Å². The second-order valence-electron chi connectivity index (χ2n) is 5.18. The minimum Gasteiger partial charge on any atom is -0.479 e. The van der Waals surface area contributed by atoms with Crippen LogP contribution in [-0.4, -0.2) is 24.6 Å². The van der Waals surface area contributed by atoms with E-state index < -0.39 is 36.2 Å². The van der Waals surface area contributed by atoms with Gasteiger partial charge in [0.25, 0.3) is 5.91 Å². The van der Waals surface area contributed by atoms with E-state index in [0.29, 0.717) is 11.3 Å². The fourth-order valence-electron chi connectivity index (χ4n) is 1.89. The molecule has 0 aliphatic carbocycles.